The van der Waals surface area contributed by atoms with Crippen LogP contribution in [0.3, 0.4) is 0 Å². The summed E-state index contributed by atoms with van der Waals surface area (Å²) in [6.07, 6.45) is 0. The summed E-state index contributed by atoms with van der Waals surface area (Å²) in [6, 6.07) is 12.7. The van der Waals surface area contributed by atoms with Crippen LogP contribution in [-0.2, 0) is 5.60 Å². The highest BCUT2D eigenvalue weighted by Gasteiger charge is 2.29. The Labute approximate surface area is 122 Å². The molecule has 1 N–H and O–H groups in total. The van der Waals surface area contributed by atoms with Gasteiger partial charge < -0.3 is 14.6 Å². The van der Waals surface area contributed by atoms with Gasteiger partial charge in [-0.05, 0) is 30.7 Å². The van der Waals surface area contributed by atoms with E-state index >= 15 is 0 Å². The minimum atomic E-state index is -1.19. The largest absolute Gasteiger partial charge is 0.486 e. The van der Waals surface area contributed by atoms with Crippen LogP contribution in [0.25, 0.3) is 0 Å². The van der Waals surface area contributed by atoms with Gasteiger partial charge in [-0.3, -0.25) is 0 Å². The van der Waals surface area contributed by atoms with Crippen molar-refractivity contribution in [3.8, 4) is 11.5 Å². The molecule has 1 aliphatic rings. The van der Waals surface area contributed by atoms with Crippen molar-refractivity contribution >= 4 is 11.6 Å². The van der Waals surface area contributed by atoms with E-state index < -0.39 is 5.60 Å². The zero-order valence-corrected chi connectivity index (χ0v) is 11.9. The molecule has 0 saturated heterocycles. The lowest BCUT2D eigenvalue weighted by Crippen LogP contribution is -2.24. The van der Waals surface area contributed by atoms with Crippen molar-refractivity contribution in [2.24, 2.45) is 0 Å². The van der Waals surface area contributed by atoms with E-state index in [0.717, 1.165) is 5.56 Å². The van der Waals surface area contributed by atoms with E-state index in [4.69, 9.17) is 21.1 Å². The van der Waals surface area contributed by atoms with Crippen LogP contribution >= 0.6 is 11.6 Å². The predicted molar refractivity (Wildman–Crippen MR) is 77.6 cm³/mol. The lowest BCUT2D eigenvalue weighted by Gasteiger charge is -2.27. The fourth-order valence-electron chi connectivity index (χ4n) is 2.36. The van der Waals surface area contributed by atoms with Crippen molar-refractivity contribution in [2.45, 2.75) is 12.5 Å². The quantitative estimate of drug-likeness (QED) is 0.922. The van der Waals surface area contributed by atoms with Crippen molar-refractivity contribution in [3.63, 3.8) is 0 Å². The van der Waals surface area contributed by atoms with Crippen LogP contribution in [-0.4, -0.2) is 18.3 Å². The van der Waals surface area contributed by atoms with Crippen molar-refractivity contribution in [1.29, 1.82) is 0 Å². The molecule has 0 fully saturated rings. The van der Waals surface area contributed by atoms with Crippen LogP contribution in [0.5, 0.6) is 11.5 Å². The van der Waals surface area contributed by atoms with Gasteiger partial charge in [-0.25, -0.2) is 0 Å². The maximum Gasteiger partial charge on any atom is 0.161 e. The zero-order chi connectivity index (χ0) is 14.2. The Morgan fingerprint density at radius 2 is 1.75 bits per heavy atom. The first-order valence-corrected chi connectivity index (χ1v) is 6.84. The first-order valence-electron chi connectivity index (χ1n) is 6.46. The first-order chi connectivity index (χ1) is 9.59. The van der Waals surface area contributed by atoms with Gasteiger partial charge in [0.05, 0.1) is 0 Å². The number of hydrogen-bond donors (Lipinski definition) is 1. The molecule has 0 aromatic heterocycles. The molecule has 1 heterocycles. The van der Waals surface area contributed by atoms with Crippen LogP contribution in [0.1, 0.15) is 18.1 Å². The molecule has 1 unspecified atom stereocenters. The summed E-state index contributed by atoms with van der Waals surface area (Å²) >= 11 is 6.19. The molecule has 0 radical (unpaired) electrons. The molecule has 3 nitrogen and oxygen atoms in total. The molecule has 0 spiro atoms. The van der Waals surface area contributed by atoms with Gasteiger partial charge in [0.1, 0.15) is 18.8 Å². The molecule has 1 atom stereocenters. The Kier molecular flexibility index (Phi) is 3.32. The molecular weight excluding hydrogens is 276 g/mol. The van der Waals surface area contributed by atoms with Gasteiger partial charge >= 0.3 is 0 Å². The minimum Gasteiger partial charge on any atom is -0.486 e. The lowest BCUT2D eigenvalue weighted by atomic mass is 9.88. The third kappa shape index (κ3) is 2.23. The second-order valence-electron chi connectivity index (χ2n) is 4.91. The third-order valence-electron chi connectivity index (χ3n) is 3.50. The maximum absolute atomic E-state index is 10.9. The van der Waals surface area contributed by atoms with Gasteiger partial charge in [0, 0.05) is 10.6 Å². The SMILES string of the molecule is CC(O)(c1ccc2c(c1)OCCO2)c1ccccc1Cl. The second kappa shape index (κ2) is 5.00. The zero-order valence-electron chi connectivity index (χ0n) is 11.1. The van der Waals surface area contributed by atoms with Gasteiger partial charge in [0.2, 0.25) is 0 Å². The molecule has 2 aromatic carbocycles. The summed E-state index contributed by atoms with van der Waals surface area (Å²) < 4.78 is 11.0. The summed E-state index contributed by atoms with van der Waals surface area (Å²) in [5.41, 5.74) is 0.196. The van der Waals surface area contributed by atoms with Gasteiger partial charge in [-0.1, -0.05) is 35.9 Å². The van der Waals surface area contributed by atoms with Crippen LogP contribution < -0.4 is 9.47 Å². The fraction of sp³-hybridized carbons (Fsp3) is 0.250. The lowest BCUT2D eigenvalue weighted by molar-refractivity contribution is 0.101. The molecule has 0 aliphatic carbocycles. The molecule has 0 amide bonds. The number of hydrogen-bond acceptors (Lipinski definition) is 3. The highest BCUT2D eigenvalue weighted by atomic mass is 35.5. The number of fused-ring (bicyclic) bond motifs is 1. The highest BCUT2D eigenvalue weighted by Crippen LogP contribution is 2.38. The Morgan fingerprint density at radius 1 is 1.05 bits per heavy atom. The monoisotopic (exact) mass is 290 g/mol. The van der Waals surface area contributed by atoms with Crippen LogP contribution in [0, 0.1) is 0 Å². The van der Waals surface area contributed by atoms with Crippen LogP contribution in [0.2, 0.25) is 5.02 Å². The van der Waals surface area contributed by atoms with Crippen molar-refractivity contribution < 1.29 is 14.6 Å². The van der Waals surface area contributed by atoms with Gasteiger partial charge in [-0.2, -0.15) is 0 Å². The second-order valence-corrected chi connectivity index (χ2v) is 5.32. The maximum atomic E-state index is 10.9. The third-order valence-corrected chi connectivity index (χ3v) is 3.83. The topological polar surface area (TPSA) is 38.7 Å². The molecule has 1 aliphatic heterocycles. The molecular formula is C16H15ClO3. The van der Waals surface area contributed by atoms with E-state index in [9.17, 15) is 5.11 Å². The molecule has 0 saturated carbocycles. The van der Waals surface area contributed by atoms with Crippen LogP contribution in [0.4, 0.5) is 0 Å². The van der Waals surface area contributed by atoms with E-state index in [1.54, 1.807) is 19.1 Å². The molecule has 20 heavy (non-hydrogen) atoms. The normalized spacial score (nSPS) is 16.6. The Bertz CT molecular complexity index is 637. The number of ether oxygens (including phenoxy) is 2. The van der Waals surface area contributed by atoms with Crippen molar-refractivity contribution in [2.75, 3.05) is 13.2 Å². The molecule has 104 valence electrons. The molecule has 4 heteroatoms. The Hall–Kier alpha value is -1.71. The number of halogens is 1. The Morgan fingerprint density at radius 3 is 2.50 bits per heavy atom. The van der Waals surface area contributed by atoms with Gasteiger partial charge in [0.25, 0.3) is 0 Å². The first kappa shape index (κ1) is 13.3. The predicted octanol–water partition coefficient (Wildman–Crippen LogP) is 3.37. The molecule has 3 rings (SSSR count). The van der Waals surface area contributed by atoms with E-state index in [0.29, 0.717) is 35.3 Å². The number of rotatable bonds is 2. The van der Waals surface area contributed by atoms with Crippen molar-refractivity contribution in [3.05, 3.63) is 58.6 Å². The number of aliphatic hydroxyl groups is 1. The van der Waals surface area contributed by atoms with Gasteiger partial charge in [-0.15, -0.1) is 0 Å². The average molecular weight is 291 g/mol. The smallest absolute Gasteiger partial charge is 0.161 e. The van der Waals surface area contributed by atoms with E-state index in [2.05, 4.69) is 0 Å². The Balaban J connectivity index is 2.05. The van der Waals surface area contributed by atoms with Crippen LogP contribution in [0.15, 0.2) is 42.5 Å². The fourth-order valence-corrected chi connectivity index (χ4v) is 2.68. The summed E-state index contributed by atoms with van der Waals surface area (Å²) in [5.74, 6) is 1.36. The summed E-state index contributed by atoms with van der Waals surface area (Å²) in [5, 5.41) is 11.4. The molecule has 2 aromatic rings. The molecule has 0 bridgehead atoms. The standard InChI is InChI=1S/C16H15ClO3/c1-16(18,12-4-2-3-5-13(12)17)11-6-7-14-15(10-11)20-9-8-19-14/h2-7,10,18H,8-9H2,1H3. The summed E-state index contributed by atoms with van der Waals surface area (Å²) in [7, 11) is 0. The van der Waals surface area contributed by atoms with E-state index in [1.165, 1.54) is 0 Å². The number of benzene rings is 2. The van der Waals surface area contributed by atoms with E-state index in [-0.39, 0.29) is 0 Å². The average Bonchev–Trinajstić information content (AvgIpc) is 2.47. The van der Waals surface area contributed by atoms with E-state index in [1.807, 2.05) is 30.3 Å². The summed E-state index contributed by atoms with van der Waals surface area (Å²) in [4.78, 5) is 0. The highest BCUT2D eigenvalue weighted by molar-refractivity contribution is 6.31. The van der Waals surface area contributed by atoms with Crippen molar-refractivity contribution in [1.82, 2.24) is 0 Å². The van der Waals surface area contributed by atoms with Gasteiger partial charge in [0.15, 0.2) is 11.5 Å². The minimum absolute atomic E-state index is 0.519. The summed E-state index contributed by atoms with van der Waals surface area (Å²) in [6.45, 7) is 2.79.